The standard InChI is InChI=1S/C22H15N3O/c23-14-16-10-12-18(13-11-16)24-21-19-8-4-5-9-20(19)25(22(21)26)15-17-6-2-1-3-7-17/h1-13H,15H2. The van der Waals surface area contributed by atoms with Crippen molar-refractivity contribution < 1.29 is 4.79 Å². The lowest BCUT2D eigenvalue weighted by atomic mass is 10.1. The topological polar surface area (TPSA) is 56.5 Å². The molecule has 0 unspecified atom stereocenters. The predicted octanol–water partition coefficient (Wildman–Crippen LogP) is 4.23. The van der Waals surface area contributed by atoms with E-state index in [1.165, 1.54) is 0 Å². The Hall–Kier alpha value is -3.71. The number of rotatable bonds is 3. The van der Waals surface area contributed by atoms with E-state index in [1.54, 1.807) is 29.2 Å². The first-order valence-electron chi connectivity index (χ1n) is 8.30. The van der Waals surface area contributed by atoms with Crippen LogP contribution in [0.2, 0.25) is 0 Å². The molecule has 1 aliphatic heterocycles. The first kappa shape index (κ1) is 15.8. The van der Waals surface area contributed by atoms with Crippen molar-refractivity contribution >= 4 is 23.0 Å². The number of hydrogen-bond acceptors (Lipinski definition) is 3. The Labute approximate surface area is 151 Å². The number of benzene rings is 3. The number of carbonyl (C=O) groups excluding carboxylic acids is 1. The van der Waals surface area contributed by atoms with Gasteiger partial charge in [0.05, 0.1) is 29.6 Å². The second kappa shape index (κ2) is 6.66. The van der Waals surface area contributed by atoms with E-state index < -0.39 is 0 Å². The van der Waals surface area contributed by atoms with Crippen LogP contribution in [-0.2, 0) is 11.3 Å². The van der Waals surface area contributed by atoms with Crippen molar-refractivity contribution in [2.45, 2.75) is 6.54 Å². The largest absolute Gasteiger partial charge is 0.302 e. The highest BCUT2D eigenvalue weighted by atomic mass is 16.2. The van der Waals surface area contributed by atoms with Gasteiger partial charge in [-0.2, -0.15) is 5.26 Å². The van der Waals surface area contributed by atoms with E-state index >= 15 is 0 Å². The monoisotopic (exact) mass is 337 g/mol. The maximum atomic E-state index is 13.0. The number of para-hydroxylation sites is 1. The van der Waals surface area contributed by atoms with E-state index in [1.807, 2.05) is 54.6 Å². The Morgan fingerprint density at radius 3 is 2.31 bits per heavy atom. The van der Waals surface area contributed by atoms with Crippen molar-refractivity contribution in [2.75, 3.05) is 4.90 Å². The van der Waals surface area contributed by atoms with Gasteiger partial charge in [-0.1, -0.05) is 48.5 Å². The number of amides is 1. The Morgan fingerprint density at radius 2 is 1.58 bits per heavy atom. The molecule has 124 valence electrons. The van der Waals surface area contributed by atoms with E-state index in [-0.39, 0.29) is 5.91 Å². The number of fused-ring (bicyclic) bond motifs is 1. The van der Waals surface area contributed by atoms with Crippen molar-refractivity contribution in [3.63, 3.8) is 0 Å². The van der Waals surface area contributed by atoms with Crippen LogP contribution in [0.25, 0.3) is 0 Å². The van der Waals surface area contributed by atoms with E-state index in [0.717, 1.165) is 16.8 Å². The SMILES string of the molecule is N#Cc1ccc(N=C2C(=O)N(Cc3ccccc3)c3ccccc32)cc1. The van der Waals surface area contributed by atoms with Gasteiger partial charge in [-0.15, -0.1) is 0 Å². The van der Waals surface area contributed by atoms with Gasteiger partial charge >= 0.3 is 0 Å². The highest BCUT2D eigenvalue weighted by Crippen LogP contribution is 2.32. The van der Waals surface area contributed by atoms with Crippen LogP contribution in [0.4, 0.5) is 11.4 Å². The van der Waals surface area contributed by atoms with Crippen LogP contribution in [0.15, 0.2) is 83.9 Å². The smallest absolute Gasteiger partial charge is 0.277 e. The number of hydrogen-bond donors (Lipinski definition) is 0. The van der Waals surface area contributed by atoms with E-state index in [9.17, 15) is 4.79 Å². The molecule has 0 aromatic heterocycles. The minimum Gasteiger partial charge on any atom is -0.302 e. The fraction of sp³-hybridized carbons (Fsp3) is 0.0455. The van der Waals surface area contributed by atoms with Crippen molar-refractivity contribution in [3.8, 4) is 6.07 Å². The molecule has 0 fully saturated rings. The molecule has 4 nitrogen and oxygen atoms in total. The molecule has 0 saturated carbocycles. The first-order chi connectivity index (χ1) is 12.8. The van der Waals surface area contributed by atoms with Gasteiger partial charge in [0.2, 0.25) is 0 Å². The summed E-state index contributed by atoms with van der Waals surface area (Å²) < 4.78 is 0. The molecule has 0 radical (unpaired) electrons. The molecule has 1 heterocycles. The molecule has 0 N–H and O–H groups in total. The Morgan fingerprint density at radius 1 is 0.885 bits per heavy atom. The van der Waals surface area contributed by atoms with Crippen LogP contribution in [0, 0.1) is 11.3 Å². The van der Waals surface area contributed by atoms with E-state index in [4.69, 9.17) is 5.26 Å². The number of carbonyl (C=O) groups is 1. The zero-order valence-electron chi connectivity index (χ0n) is 14.0. The van der Waals surface area contributed by atoms with Crippen LogP contribution in [0.3, 0.4) is 0 Å². The lowest BCUT2D eigenvalue weighted by Crippen LogP contribution is -2.29. The molecule has 1 aliphatic rings. The fourth-order valence-corrected chi connectivity index (χ4v) is 3.03. The number of nitrogens with zero attached hydrogens (tertiary/aromatic N) is 3. The third kappa shape index (κ3) is 2.87. The van der Waals surface area contributed by atoms with Crippen LogP contribution in [0.5, 0.6) is 0 Å². The van der Waals surface area contributed by atoms with Gasteiger partial charge in [0, 0.05) is 5.56 Å². The fourth-order valence-electron chi connectivity index (χ4n) is 3.03. The minimum atomic E-state index is -0.112. The molecule has 1 amide bonds. The Kier molecular flexibility index (Phi) is 4.04. The molecule has 4 rings (SSSR count). The molecular formula is C22H15N3O. The van der Waals surface area contributed by atoms with Gasteiger partial charge in [0.1, 0.15) is 5.71 Å². The molecule has 3 aromatic carbocycles. The normalized spacial score (nSPS) is 14.3. The Balaban J connectivity index is 1.73. The summed E-state index contributed by atoms with van der Waals surface area (Å²) >= 11 is 0. The van der Waals surface area contributed by atoms with Crippen molar-refractivity contribution in [1.82, 2.24) is 0 Å². The lowest BCUT2D eigenvalue weighted by molar-refractivity contribution is -0.112. The van der Waals surface area contributed by atoms with Crippen molar-refractivity contribution in [3.05, 3.63) is 95.6 Å². The summed E-state index contributed by atoms with van der Waals surface area (Å²) in [5.74, 6) is -0.112. The van der Waals surface area contributed by atoms with Crippen LogP contribution < -0.4 is 4.90 Å². The first-order valence-corrected chi connectivity index (χ1v) is 8.30. The van der Waals surface area contributed by atoms with Gasteiger partial charge in [-0.05, 0) is 35.9 Å². The summed E-state index contributed by atoms with van der Waals surface area (Å²) in [6, 6.07) is 26.6. The van der Waals surface area contributed by atoms with Crippen LogP contribution in [-0.4, -0.2) is 11.6 Å². The van der Waals surface area contributed by atoms with Gasteiger partial charge in [0.15, 0.2) is 0 Å². The summed E-state index contributed by atoms with van der Waals surface area (Å²) in [7, 11) is 0. The summed E-state index contributed by atoms with van der Waals surface area (Å²) in [6.07, 6.45) is 0. The maximum absolute atomic E-state index is 13.0. The third-order valence-electron chi connectivity index (χ3n) is 4.32. The number of nitriles is 1. The van der Waals surface area contributed by atoms with E-state index in [2.05, 4.69) is 11.1 Å². The average molecular weight is 337 g/mol. The highest BCUT2D eigenvalue weighted by molar-refractivity contribution is 6.54. The molecule has 26 heavy (non-hydrogen) atoms. The highest BCUT2D eigenvalue weighted by Gasteiger charge is 2.33. The number of aliphatic imine (C=N–C) groups is 1. The molecule has 0 bridgehead atoms. The van der Waals surface area contributed by atoms with Gasteiger partial charge < -0.3 is 4.90 Å². The van der Waals surface area contributed by atoms with Gasteiger partial charge in [0.25, 0.3) is 5.91 Å². The molecule has 0 atom stereocenters. The lowest BCUT2D eigenvalue weighted by Gasteiger charge is -2.16. The van der Waals surface area contributed by atoms with Crippen LogP contribution in [0.1, 0.15) is 16.7 Å². The molecule has 3 aromatic rings. The predicted molar refractivity (Wildman–Crippen MR) is 101 cm³/mol. The summed E-state index contributed by atoms with van der Waals surface area (Å²) in [6.45, 7) is 0.503. The molecule has 0 spiro atoms. The third-order valence-corrected chi connectivity index (χ3v) is 4.32. The quantitative estimate of drug-likeness (QED) is 0.718. The maximum Gasteiger partial charge on any atom is 0.277 e. The molecular weight excluding hydrogens is 322 g/mol. The Bertz CT molecular complexity index is 1030. The molecule has 4 heteroatoms. The van der Waals surface area contributed by atoms with Crippen molar-refractivity contribution in [1.29, 1.82) is 5.26 Å². The minimum absolute atomic E-state index is 0.112. The zero-order valence-corrected chi connectivity index (χ0v) is 14.0. The summed E-state index contributed by atoms with van der Waals surface area (Å²) in [5, 5.41) is 8.91. The van der Waals surface area contributed by atoms with Gasteiger partial charge in [-0.25, -0.2) is 4.99 Å². The van der Waals surface area contributed by atoms with E-state index in [0.29, 0.717) is 23.5 Å². The summed E-state index contributed by atoms with van der Waals surface area (Å²) in [4.78, 5) is 19.4. The average Bonchev–Trinajstić information content (AvgIpc) is 2.95. The van der Waals surface area contributed by atoms with Gasteiger partial charge in [-0.3, -0.25) is 4.79 Å². The molecule has 0 saturated heterocycles. The van der Waals surface area contributed by atoms with Crippen LogP contribution >= 0.6 is 0 Å². The second-order valence-electron chi connectivity index (χ2n) is 6.01. The molecule has 0 aliphatic carbocycles. The van der Waals surface area contributed by atoms with Crippen molar-refractivity contribution in [2.24, 2.45) is 4.99 Å². The number of anilines is 1. The zero-order chi connectivity index (χ0) is 17.9. The second-order valence-corrected chi connectivity index (χ2v) is 6.01. The summed E-state index contributed by atoms with van der Waals surface area (Å²) in [5.41, 5.74) is 4.42.